The summed E-state index contributed by atoms with van der Waals surface area (Å²) in [5.41, 5.74) is 5.85. The van der Waals surface area contributed by atoms with Crippen LogP contribution in [0.3, 0.4) is 0 Å². The van der Waals surface area contributed by atoms with Gasteiger partial charge in [0.2, 0.25) is 11.8 Å². The molecule has 2 heterocycles. The number of hydrogen-bond acceptors (Lipinski definition) is 2. The van der Waals surface area contributed by atoms with E-state index < -0.39 is 0 Å². The summed E-state index contributed by atoms with van der Waals surface area (Å²) in [6.45, 7) is 3.17. The van der Waals surface area contributed by atoms with Crippen molar-refractivity contribution in [1.82, 2.24) is 5.32 Å². The average molecular weight is 334 g/mol. The van der Waals surface area contributed by atoms with Gasteiger partial charge in [-0.15, -0.1) is 0 Å². The van der Waals surface area contributed by atoms with Crippen LogP contribution in [0.2, 0.25) is 0 Å². The van der Waals surface area contributed by atoms with Crippen molar-refractivity contribution >= 4 is 17.5 Å². The molecule has 2 aromatic rings. The van der Waals surface area contributed by atoms with E-state index in [4.69, 9.17) is 0 Å². The first kappa shape index (κ1) is 15.9. The number of rotatable bonds is 2. The summed E-state index contributed by atoms with van der Waals surface area (Å²) in [7, 11) is 0. The number of aryl methyl sites for hydroxylation is 1. The molecule has 0 aromatic heterocycles. The fraction of sp³-hybridized carbons (Fsp3) is 0.333. The van der Waals surface area contributed by atoms with Gasteiger partial charge in [-0.2, -0.15) is 0 Å². The number of benzene rings is 2. The number of amides is 2. The second-order valence-electron chi connectivity index (χ2n) is 6.94. The summed E-state index contributed by atoms with van der Waals surface area (Å²) in [6, 6.07) is 14.9. The Morgan fingerprint density at radius 1 is 1.12 bits per heavy atom. The zero-order chi connectivity index (χ0) is 17.4. The maximum Gasteiger partial charge on any atom is 0.223 e. The van der Waals surface area contributed by atoms with E-state index in [1.807, 2.05) is 4.90 Å². The van der Waals surface area contributed by atoms with Gasteiger partial charge in [0.05, 0.1) is 0 Å². The number of nitrogens with zero attached hydrogens (tertiary/aromatic N) is 1. The normalized spacial score (nSPS) is 19.5. The third-order valence-corrected chi connectivity index (χ3v) is 5.27. The first-order valence-electron chi connectivity index (χ1n) is 8.90. The van der Waals surface area contributed by atoms with Crippen molar-refractivity contribution in [3.8, 4) is 11.1 Å². The molecular formula is C21H22N2O2. The summed E-state index contributed by atoms with van der Waals surface area (Å²) in [4.78, 5) is 25.1. The first-order valence-corrected chi connectivity index (χ1v) is 8.90. The molecule has 0 radical (unpaired) electrons. The summed E-state index contributed by atoms with van der Waals surface area (Å²) in [5.74, 6) is 0.533. The molecule has 0 bridgehead atoms. The molecule has 128 valence electrons. The van der Waals surface area contributed by atoms with Crippen LogP contribution >= 0.6 is 0 Å². The van der Waals surface area contributed by atoms with Gasteiger partial charge in [-0.1, -0.05) is 30.3 Å². The van der Waals surface area contributed by atoms with Crippen molar-refractivity contribution in [2.75, 3.05) is 18.0 Å². The molecule has 0 saturated carbocycles. The molecule has 1 fully saturated rings. The Bertz CT molecular complexity index is 826. The molecular weight excluding hydrogens is 312 g/mol. The van der Waals surface area contributed by atoms with Gasteiger partial charge in [0.15, 0.2) is 0 Å². The van der Waals surface area contributed by atoms with Crippen LogP contribution in [0.1, 0.15) is 36.8 Å². The molecule has 1 N–H and O–H groups in total. The molecule has 2 amide bonds. The predicted molar refractivity (Wildman–Crippen MR) is 98.6 cm³/mol. The van der Waals surface area contributed by atoms with E-state index in [2.05, 4.69) is 47.8 Å². The molecule has 1 unspecified atom stereocenters. The van der Waals surface area contributed by atoms with E-state index >= 15 is 0 Å². The molecule has 4 rings (SSSR count). The smallest absolute Gasteiger partial charge is 0.223 e. The fourth-order valence-corrected chi connectivity index (χ4v) is 3.89. The highest BCUT2D eigenvalue weighted by atomic mass is 16.2. The zero-order valence-electron chi connectivity index (χ0n) is 14.4. The molecule has 25 heavy (non-hydrogen) atoms. The largest absolute Gasteiger partial charge is 0.355 e. The van der Waals surface area contributed by atoms with Crippen LogP contribution < -0.4 is 10.2 Å². The van der Waals surface area contributed by atoms with Crippen LogP contribution in [-0.4, -0.2) is 24.9 Å². The van der Waals surface area contributed by atoms with Crippen molar-refractivity contribution < 1.29 is 9.59 Å². The van der Waals surface area contributed by atoms with E-state index in [1.54, 1.807) is 6.92 Å². The van der Waals surface area contributed by atoms with Crippen molar-refractivity contribution in [3.05, 3.63) is 53.6 Å². The van der Waals surface area contributed by atoms with Gasteiger partial charge in [-0.05, 0) is 47.2 Å². The van der Waals surface area contributed by atoms with E-state index in [-0.39, 0.29) is 17.7 Å². The minimum atomic E-state index is 0.109. The second kappa shape index (κ2) is 6.36. The Kier molecular flexibility index (Phi) is 4.04. The van der Waals surface area contributed by atoms with Crippen LogP contribution in [0.5, 0.6) is 0 Å². The molecule has 0 spiro atoms. The minimum absolute atomic E-state index is 0.109. The number of hydrogen-bond donors (Lipinski definition) is 1. The van der Waals surface area contributed by atoms with E-state index in [0.29, 0.717) is 6.42 Å². The summed E-state index contributed by atoms with van der Waals surface area (Å²) in [5, 5.41) is 2.89. The maximum atomic E-state index is 11.8. The maximum absolute atomic E-state index is 11.8. The van der Waals surface area contributed by atoms with Gasteiger partial charge < -0.3 is 10.2 Å². The van der Waals surface area contributed by atoms with Crippen molar-refractivity contribution in [1.29, 1.82) is 0 Å². The Labute approximate surface area is 147 Å². The van der Waals surface area contributed by atoms with E-state index in [1.165, 1.54) is 22.3 Å². The van der Waals surface area contributed by atoms with Crippen LogP contribution in [0.25, 0.3) is 11.1 Å². The van der Waals surface area contributed by atoms with Crippen LogP contribution in [0, 0.1) is 0 Å². The van der Waals surface area contributed by atoms with Gasteiger partial charge >= 0.3 is 0 Å². The monoisotopic (exact) mass is 334 g/mol. The molecule has 1 saturated heterocycles. The lowest BCUT2D eigenvalue weighted by Gasteiger charge is -2.29. The second-order valence-corrected chi connectivity index (χ2v) is 6.94. The van der Waals surface area contributed by atoms with Gasteiger partial charge in [0, 0.05) is 38.0 Å². The molecule has 2 aliphatic rings. The number of fused-ring (bicyclic) bond motifs is 1. The Morgan fingerprint density at radius 3 is 2.56 bits per heavy atom. The number of carbonyl (C=O) groups excluding carboxylic acids is 2. The highest BCUT2D eigenvalue weighted by Crippen LogP contribution is 2.32. The first-order chi connectivity index (χ1) is 12.1. The van der Waals surface area contributed by atoms with Gasteiger partial charge in [-0.25, -0.2) is 0 Å². The number of anilines is 1. The summed E-state index contributed by atoms with van der Waals surface area (Å²) >= 11 is 0. The standard InChI is InChI=1S/C21H22N2O2/c1-14(24)23-10-2-3-18-11-17(8-9-20(18)23)15-4-6-16(7-5-15)19-12-21(25)22-13-19/h4-9,11,19H,2-3,10,12-13H2,1H3,(H,22,25). The van der Waals surface area contributed by atoms with E-state index in [0.717, 1.165) is 31.6 Å². The topological polar surface area (TPSA) is 49.4 Å². The van der Waals surface area contributed by atoms with E-state index in [9.17, 15) is 9.59 Å². The van der Waals surface area contributed by atoms with Gasteiger partial charge in [0.1, 0.15) is 0 Å². The zero-order valence-corrected chi connectivity index (χ0v) is 14.4. The predicted octanol–water partition coefficient (Wildman–Crippen LogP) is 3.26. The highest BCUT2D eigenvalue weighted by Gasteiger charge is 2.23. The Morgan fingerprint density at radius 2 is 1.88 bits per heavy atom. The lowest BCUT2D eigenvalue weighted by Crippen LogP contribution is -2.33. The molecule has 2 aliphatic heterocycles. The van der Waals surface area contributed by atoms with Crippen LogP contribution in [0.15, 0.2) is 42.5 Å². The lowest BCUT2D eigenvalue weighted by atomic mass is 9.93. The van der Waals surface area contributed by atoms with Gasteiger partial charge in [-0.3, -0.25) is 9.59 Å². The third kappa shape index (κ3) is 3.04. The van der Waals surface area contributed by atoms with Crippen molar-refractivity contribution in [2.24, 2.45) is 0 Å². The molecule has 2 aromatic carbocycles. The SMILES string of the molecule is CC(=O)N1CCCc2cc(-c3ccc(C4CNC(=O)C4)cc3)ccc21. The third-order valence-electron chi connectivity index (χ3n) is 5.27. The van der Waals surface area contributed by atoms with Gasteiger partial charge in [0.25, 0.3) is 0 Å². The molecule has 1 atom stereocenters. The summed E-state index contributed by atoms with van der Waals surface area (Å²) in [6.07, 6.45) is 2.61. The Balaban J connectivity index is 1.60. The van der Waals surface area contributed by atoms with Crippen molar-refractivity contribution in [3.63, 3.8) is 0 Å². The molecule has 4 heteroatoms. The average Bonchev–Trinajstić information content (AvgIpc) is 3.07. The number of carbonyl (C=O) groups is 2. The Hall–Kier alpha value is -2.62. The quantitative estimate of drug-likeness (QED) is 0.916. The van der Waals surface area contributed by atoms with Crippen molar-refractivity contribution in [2.45, 2.75) is 32.1 Å². The lowest BCUT2D eigenvalue weighted by molar-refractivity contribution is -0.119. The highest BCUT2D eigenvalue weighted by molar-refractivity contribution is 5.93. The summed E-state index contributed by atoms with van der Waals surface area (Å²) < 4.78 is 0. The molecule has 0 aliphatic carbocycles. The van der Waals surface area contributed by atoms with Crippen LogP contribution in [0.4, 0.5) is 5.69 Å². The van der Waals surface area contributed by atoms with Crippen LogP contribution in [-0.2, 0) is 16.0 Å². The molecule has 4 nitrogen and oxygen atoms in total. The number of nitrogens with one attached hydrogen (secondary N) is 1. The fourth-order valence-electron chi connectivity index (χ4n) is 3.89. The minimum Gasteiger partial charge on any atom is -0.355 e.